The largest absolute Gasteiger partial charge is 0.356 e. The van der Waals surface area contributed by atoms with Crippen LogP contribution in [0.15, 0.2) is 30.3 Å². The Morgan fingerprint density at radius 3 is 2.16 bits per heavy atom. The van der Waals surface area contributed by atoms with Crippen molar-refractivity contribution in [2.45, 2.75) is 98.2 Å². The van der Waals surface area contributed by atoms with Crippen molar-refractivity contribution in [2.24, 2.45) is 11.8 Å². The number of benzene rings is 1. The molecule has 6 nitrogen and oxygen atoms in total. The summed E-state index contributed by atoms with van der Waals surface area (Å²) in [7, 11) is 0. The monoisotopic (exact) mass is 542 g/mol. The maximum absolute atomic E-state index is 6.43. The molecule has 1 heterocycles. The fraction of sp³-hybridized carbons (Fsp3) is 0.677. The standard InChI is InChI=1S/C31H51ClN6/c1-5-24(3)22-38(23-25(4)6-2)30-19-29(32)36-31(37-30)35-21-27-15-13-26(14-16-27)20-33-17-10-18-34-28-11-8-7-9-12-28/h13-16,19,24-25,28,33-34H,5-12,17-18,20-23H2,1-4H3,(H,35,36,37). The van der Waals surface area contributed by atoms with Crippen LogP contribution in [0.3, 0.4) is 0 Å². The van der Waals surface area contributed by atoms with Gasteiger partial charge in [-0.3, -0.25) is 0 Å². The van der Waals surface area contributed by atoms with Gasteiger partial charge in [0.25, 0.3) is 0 Å². The van der Waals surface area contributed by atoms with Crippen molar-refractivity contribution in [2.75, 3.05) is 36.4 Å². The molecule has 2 aromatic rings. The van der Waals surface area contributed by atoms with E-state index >= 15 is 0 Å². The second-order valence-corrected chi connectivity index (χ2v) is 11.7. The Bertz CT molecular complexity index is 903. The Morgan fingerprint density at radius 1 is 0.895 bits per heavy atom. The average molecular weight is 543 g/mol. The molecule has 38 heavy (non-hydrogen) atoms. The molecule has 1 aromatic carbocycles. The van der Waals surface area contributed by atoms with Gasteiger partial charge in [-0.1, -0.05) is 95.7 Å². The Kier molecular flexibility index (Phi) is 13.7. The Balaban J connectivity index is 1.45. The molecule has 1 saturated carbocycles. The molecule has 1 aromatic heterocycles. The van der Waals surface area contributed by atoms with E-state index in [4.69, 9.17) is 16.6 Å². The van der Waals surface area contributed by atoms with Crippen molar-refractivity contribution in [3.05, 3.63) is 46.6 Å². The molecule has 1 fully saturated rings. The maximum atomic E-state index is 6.43. The average Bonchev–Trinajstić information content (AvgIpc) is 2.94. The van der Waals surface area contributed by atoms with Crippen LogP contribution in [0.5, 0.6) is 0 Å². The highest BCUT2D eigenvalue weighted by Gasteiger charge is 2.16. The molecule has 0 spiro atoms. The van der Waals surface area contributed by atoms with Crippen LogP contribution in [0.25, 0.3) is 0 Å². The van der Waals surface area contributed by atoms with Gasteiger partial charge in [-0.25, -0.2) is 4.98 Å². The van der Waals surface area contributed by atoms with E-state index in [1.807, 2.05) is 6.07 Å². The molecule has 0 radical (unpaired) electrons. The Hall–Kier alpha value is -1.89. The molecule has 3 rings (SSSR count). The molecule has 3 N–H and O–H groups in total. The second-order valence-electron chi connectivity index (χ2n) is 11.3. The van der Waals surface area contributed by atoms with Crippen LogP contribution in [-0.4, -0.2) is 42.2 Å². The highest BCUT2D eigenvalue weighted by atomic mass is 35.5. The molecule has 2 atom stereocenters. The quantitative estimate of drug-likeness (QED) is 0.147. The molecule has 2 unspecified atom stereocenters. The fourth-order valence-electron chi connectivity index (χ4n) is 4.93. The van der Waals surface area contributed by atoms with Crippen LogP contribution in [0.2, 0.25) is 5.15 Å². The van der Waals surface area contributed by atoms with Crippen molar-refractivity contribution in [1.82, 2.24) is 20.6 Å². The molecule has 0 saturated heterocycles. The number of halogens is 1. The molecule has 0 aliphatic heterocycles. The van der Waals surface area contributed by atoms with Gasteiger partial charge in [0.05, 0.1) is 0 Å². The highest BCUT2D eigenvalue weighted by Crippen LogP contribution is 2.22. The van der Waals surface area contributed by atoms with E-state index in [1.165, 1.54) is 49.7 Å². The van der Waals surface area contributed by atoms with Crippen molar-refractivity contribution in [1.29, 1.82) is 0 Å². The number of anilines is 2. The van der Waals surface area contributed by atoms with E-state index in [0.717, 1.165) is 57.4 Å². The lowest BCUT2D eigenvalue weighted by Crippen LogP contribution is -2.33. The number of nitrogens with one attached hydrogen (secondary N) is 3. The number of hydrogen-bond donors (Lipinski definition) is 3. The van der Waals surface area contributed by atoms with Gasteiger partial charge in [-0.2, -0.15) is 4.98 Å². The Morgan fingerprint density at radius 2 is 1.53 bits per heavy atom. The van der Waals surface area contributed by atoms with Gasteiger partial charge in [0.15, 0.2) is 0 Å². The molecular formula is C31H51ClN6. The van der Waals surface area contributed by atoms with E-state index in [9.17, 15) is 0 Å². The molecule has 0 bridgehead atoms. The van der Waals surface area contributed by atoms with Crippen molar-refractivity contribution in [3.8, 4) is 0 Å². The van der Waals surface area contributed by atoms with E-state index < -0.39 is 0 Å². The molecule has 1 aliphatic carbocycles. The fourth-order valence-corrected chi connectivity index (χ4v) is 5.11. The minimum absolute atomic E-state index is 0.478. The van der Waals surface area contributed by atoms with Gasteiger partial charge >= 0.3 is 0 Å². The van der Waals surface area contributed by atoms with Crippen LogP contribution in [0.4, 0.5) is 11.8 Å². The summed E-state index contributed by atoms with van der Waals surface area (Å²) < 4.78 is 0. The van der Waals surface area contributed by atoms with Gasteiger partial charge in [0.1, 0.15) is 11.0 Å². The summed E-state index contributed by atoms with van der Waals surface area (Å²) in [4.78, 5) is 11.7. The van der Waals surface area contributed by atoms with Gasteiger partial charge < -0.3 is 20.9 Å². The SMILES string of the molecule is CCC(C)CN(CC(C)CC)c1cc(Cl)nc(NCc2ccc(CNCCCNC3CCCCC3)cc2)n1. The van der Waals surface area contributed by atoms with Gasteiger partial charge in [0, 0.05) is 38.3 Å². The van der Waals surface area contributed by atoms with E-state index in [-0.39, 0.29) is 0 Å². The number of rotatable bonds is 17. The third-order valence-corrected chi connectivity index (χ3v) is 8.03. The lowest BCUT2D eigenvalue weighted by molar-refractivity contribution is 0.371. The zero-order valence-electron chi connectivity index (χ0n) is 24.2. The van der Waals surface area contributed by atoms with Crippen LogP contribution >= 0.6 is 11.6 Å². The minimum Gasteiger partial charge on any atom is -0.356 e. The van der Waals surface area contributed by atoms with Crippen LogP contribution in [0, 0.1) is 11.8 Å². The summed E-state index contributed by atoms with van der Waals surface area (Å²) >= 11 is 6.43. The normalized spacial score (nSPS) is 15.8. The van der Waals surface area contributed by atoms with Gasteiger partial charge in [-0.15, -0.1) is 0 Å². The van der Waals surface area contributed by atoms with Crippen LogP contribution in [0.1, 0.15) is 90.2 Å². The van der Waals surface area contributed by atoms with E-state index in [0.29, 0.717) is 29.5 Å². The first kappa shape index (κ1) is 30.6. The minimum atomic E-state index is 0.478. The van der Waals surface area contributed by atoms with Gasteiger partial charge in [-0.05, 0) is 55.3 Å². The second kappa shape index (κ2) is 16.9. The van der Waals surface area contributed by atoms with E-state index in [1.54, 1.807) is 0 Å². The molecular weight excluding hydrogens is 492 g/mol. The third-order valence-electron chi connectivity index (χ3n) is 7.83. The highest BCUT2D eigenvalue weighted by molar-refractivity contribution is 6.29. The molecule has 212 valence electrons. The number of nitrogens with zero attached hydrogens (tertiary/aromatic N) is 3. The lowest BCUT2D eigenvalue weighted by atomic mass is 9.95. The summed E-state index contributed by atoms with van der Waals surface area (Å²) in [5, 5.41) is 11.2. The first-order valence-corrected chi connectivity index (χ1v) is 15.4. The topological polar surface area (TPSA) is 65.1 Å². The lowest BCUT2D eigenvalue weighted by Gasteiger charge is -2.29. The van der Waals surface area contributed by atoms with Gasteiger partial charge in [0.2, 0.25) is 5.95 Å². The van der Waals surface area contributed by atoms with Crippen LogP contribution < -0.4 is 20.9 Å². The summed E-state index contributed by atoms with van der Waals surface area (Å²) in [6.45, 7) is 14.7. The first-order chi connectivity index (χ1) is 18.5. The smallest absolute Gasteiger partial charge is 0.226 e. The van der Waals surface area contributed by atoms with Crippen molar-refractivity contribution in [3.63, 3.8) is 0 Å². The zero-order valence-corrected chi connectivity index (χ0v) is 25.0. The molecule has 1 aliphatic rings. The summed E-state index contributed by atoms with van der Waals surface area (Å²) in [5.41, 5.74) is 2.51. The van der Waals surface area contributed by atoms with Crippen molar-refractivity contribution >= 4 is 23.4 Å². The number of hydrogen-bond acceptors (Lipinski definition) is 6. The summed E-state index contributed by atoms with van der Waals surface area (Å²) in [6.07, 6.45) is 10.4. The maximum Gasteiger partial charge on any atom is 0.226 e. The Labute approximate surface area is 236 Å². The predicted molar refractivity (Wildman–Crippen MR) is 163 cm³/mol. The molecule has 7 heteroatoms. The predicted octanol–water partition coefficient (Wildman–Crippen LogP) is 7.04. The zero-order chi connectivity index (χ0) is 27.2. The third kappa shape index (κ3) is 11.1. The summed E-state index contributed by atoms with van der Waals surface area (Å²) in [6, 6.07) is 11.4. The first-order valence-electron chi connectivity index (χ1n) is 15.0. The van der Waals surface area contributed by atoms with Crippen LogP contribution in [-0.2, 0) is 13.1 Å². The number of aromatic nitrogens is 2. The van der Waals surface area contributed by atoms with E-state index in [2.05, 4.69) is 77.8 Å². The van der Waals surface area contributed by atoms with Crippen molar-refractivity contribution < 1.29 is 0 Å². The molecule has 0 amide bonds. The summed E-state index contributed by atoms with van der Waals surface area (Å²) in [5.74, 6) is 2.67.